The van der Waals surface area contributed by atoms with Crippen LogP contribution in [0.25, 0.3) is 22.3 Å². The van der Waals surface area contributed by atoms with Gasteiger partial charge in [0.05, 0.1) is 53.1 Å². The van der Waals surface area contributed by atoms with Gasteiger partial charge in [-0.25, -0.2) is 23.0 Å². The Morgan fingerprint density at radius 1 is 1.11 bits per heavy atom. The molecule has 7 rings (SSSR count). The first-order valence-electron chi connectivity index (χ1n) is 19.5. The minimum absolute atomic E-state index is 0.0520. The number of fused-ring (bicyclic) bond motifs is 5. The molecule has 3 aliphatic rings. The van der Waals surface area contributed by atoms with Gasteiger partial charge in [0, 0.05) is 42.2 Å². The van der Waals surface area contributed by atoms with Crippen molar-refractivity contribution in [2.75, 3.05) is 44.2 Å². The molecule has 0 radical (unpaired) electrons. The summed E-state index contributed by atoms with van der Waals surface area (Å²) in [6.07, 6.45) is -2.88. The number of likely N-dealkylation sites (N-methyl/N-ethyl adjacent to an activating group) is 1. The van der Waals surface area contributed by atoms with Crippen LogP contribution in [0.15, 0.2) is 47.3 Å². The number of carbonyl (C=O) groups is 4. The number of aldehydes is 1. The first kappa shape index (κ1) is 43.2. The normalized spacial score (nSPS) is 19.3. The number of carbonyl (C=O) groups excluding carboxylic acids is 4. The minimum atomic E-state index is -3.60. The number of hydrogen-bond acceptors (Lipinski definition) is 16. The molecule has 20 heteroatoms. The Morgan fingerprint density at radius 3 is 2.66 bits per heavy atom. The number of aromatic hydroxyl groups is 1. The van der Waals surface area contributed by atoms with Crippen molar-refractivity contribution in [3.05, 3.63) is 80.6 Å². The average Bonchev–Trinajstić information content (AvgIpc) is 3.58. The first-order chi connectivity index (χ1) is 29.2. The summed E-state index contributed by atoms with van der Waals surface area (Å²) < 4.78 is 54.4. The van der Waals surface area contributed by atoms with Crippen molar-refractivity contribution in [2.45, 2.75) is 70.5 Å². The van der Waals surface area contributed by atoms with Crippen LogP contribution in [0.2, 0.25) is 0 Å². The van der Waals surface area contributed by atoms with Gasteiger partial charge in [-0.3, -0.25) is 14.5 Å². The summed E-state index contributed by atoms with van der Waals surface area (Å²) in [5.74, 6) is -1.50. The van der Waals surface area contributed by atoms with E-state index in [1.807, 2.05) is 6.92 Å². The molecule has 2 amide bonds. The summed E-state index contributed by atoms with van der Waals surface area (Å²) in [7, 11) is -2.02. The number of hydrogen-bond donors (Lipinski definition) is 4. The van der Waals surface area contributed by atoms with Crippen molar-refractivity contribution in [2.24, 2.45) is 0 Å². The van der Waals surface area contributed by atoms with Crippen LogP contribution >= 0.6 is 0 Å². The van der Waals surface area contributed by atoms with Crippen molar-refractivity contribution in [3.8, 4) is 22.9 Å². The molecule has 4 unspecified atom stereocenters. The summed E-state index contributed by atoms with van der Waals surface area (Å²) in [4.78, 5) is 70.5. The molecule has 4 atom stereocenters. The molecule has 0 saturated carbocycles. The van der Waals surface area contributed by atoms with Crippen LogP contribution in [0.1, 0.15) is 53.7 Å². The molecule has 4 N–H and O–H groups in total. The highest BCUT2D eigenvalue weighted by atomic mass is 32.2. The third-order valence-electron chi connectivity index (χ3n) is 10.5. The van der Waals surface area contributed by atoms with Gasteiger partial charge in [0.1, 0.15) is 53.7 Å². The van der Waals surface area contributed by atoms with E-state index in [9.17, 15) is 42.6 Å². The Bertz CT molecular complexity index is 2560. The van der Waals surface area contributed by atoms with Crippen LogP contribution in [0.5, 0.6) is 11.5 Å². The van der Waals surface area contributed by atoms with Crippen molar-refractivity contribution < 1.29 is 61.5 Å². The molecule has 1 saturated heterocycles. The average molecular weight is 864 g/mol. The summed E-state index contributed by atoms with van der Waals surface area (Å²) in [5, 5.41) is 26.6. The maximum Gasteiger partial charge on any atom is 0.411 e. The van der Waals surface area contributed by atoms with Gasteiger partial charge in [0.25, 0.3) is 5.56 Å². The van der Waals surface area contributed by atoms with Gasteiger partial charge in [-0.1, -0.05) is 13.0 Å². The predicted octanol–water partition coefficient (Wildman–Crippen LogP) is 2.05. The fourth-order valence-corrected chi connectivity index (χ4v) is 8.10. The number of esters is 1. The molecule has 4 aromatic rings. The summed E-state index contributed by atoms with van der Waals surface area (Å²) in [6.45, 7) is 0.423. The van der Waals surface area contributed by atoms with E-state index in [0.717, 1.165) is 27.7 Å². The largest absolute Gasteiger partial charge is 0.508 e. The predicted molar refractivity (Wildman–Crippen MR) is 216 cm³/mol. The molecule has 0 spiro atoms. The Balaban J connectivity index is 1.11. The maximum absolute atomic E-state index is 14.0. The molecular weight excluding hydrogens is 819 g/mol. The third kappa shape index (κ3) is 9.52. The fraction of sp³-hybridized carbons (Fsp3) is 0.415. The first-order valence-corrected chi connectivity index (χ1v) is 21.5. The second kappa shape index (κ2) is 18.0. The molecule has 1 fully saturated rings. The van der Waals surface area contributed by atoms with E-state index < -0.39 is 70.5 Å². The second-order valence-electron chi connectivity index (χ2n) is 15.0. The molecule has 2 aromatic heterocycles. The van der Waals surface area contributed by atoms with Gasteiger partial charge in [-0.15, -0.1) is 0 Å². The number of aliphatic hydroxyl groups excluding tert-OH is 1. The second-order valence-corrected chi connectivity index (χ2v) is 17.2. The van der Waals surface area contributed by atoms with Crippen molar-refractivity contribution in [3.63, 3.8) is 0 Å². The van der Waals surface area contributed by atoms with Crippen LogP contribution in [0, 0.1) is 0 Å². The zero-order valence-corrected chi connectivity index (χ0v) is 34.4. The van der Waals surface area contributed by atoms with Gasteiger partial charge in [0.2, 0.25) is 12.2 Å². The lowest BCUT2D eigenvalue weighted by Gasteiger charge is -2.31. The molecule has 5 heterocycles. The number of nitrogens with zero attached hydrogens (tertiary/aromatic N) is 3. The summed E-state index contributed by atoms with van der Waals surface area (Å²) >= 11 is 0. The van der Waals surface area contributed by atoms with Gasteiger partial charge in [0.15, 0.2) is 6.10 Å². The zero-order chi connectivity index (χ0) is 43.6. The van der Waals surface area contributed by atoms with Gasteiger partial charge < -0.3 is 53.9 Å². The fourth-order valence-electron chi connectivity index (χ4n) is 7.55. The standard InChI is InChI=1S/C41H45N5O14S/c1-4-26-27-13-23(48)6-7-31(27)44-37-29(26)17-46-33(37)15-28-30(39(46)51)20-56-40(52)38(28)58-21-45(9-10-61(3,54)55)41(53)57-19-22-5-8-34(32(11-22)43-35(50)16-42-2)60-36-14-24(49)12-25(18-47)59-36/h5-8,11,13,15,18,24-25,36,38,42,48-49H,4,9-10,12,14,16-17,19-21H2,1-3H3,(H,43,50). The third-order valence-corrected chi connectivity index (χ3v) is 11.4. The lowest BCUT2D eigenvalue weighted by atomic mass is 9.97. The van der Waals surface area contributed by atoms with E-state index in [4.69, 9.17) is 28.7 Å². The topological polar surface area (TPSA) is 251 Å². The van der Waals surface area contributed by atoms with Crippen LogP contribution in [-0.2, 0) is 69.3 Å². The van der Waals surface area contributed by atoms with E-state index in [1.165, 1.54) is 18.2 Å². The van der Waals surface area contributed by atoms with E-state index >= 15 is 0 Å². The number of aryl methyl sites for hydroxylation is 1. The lowest BCUT2D eigenvalue weighted by molar-refractivity contribution is -0.175. The Morgan fingerprint density at radius 2 is 1.92 bits per heavy atom. The number of rotatable bonds is 15. The Labute approximate surface area is 349 Å². The van der Waals surface area contributed by atoms with E-state index in [0.29, 0.717) is 35.2 Å². The molecule has 324 valence electrons. The number of phenols is 1. The number of aromatic nitrogens is 2. The van der Waals surface area contributed by atoms with Crippen LogP contribution < -0.4 is 20.9 Å². The van der Waals surface area contributed by atoms with E-state index in [2.05, 4.69) is 10.6 Å². The quantitative estimate of drug-likeness (QED) is 0.0668. The zero-order valence-electron chi connectivity index (χ0n) is 33.5. The van der Waals surface area contributed by atoms with Crippen LogP contribution in [-0.4, -0.2) is 115 Å². The number of pyridine rings is 2. The molecule has 61 heavy (non-hydrogen) atoms. The van der Waals surface area contributed by atoms with Crippen LogP contribution in [0.4, 0.5) is 10.5 Å². The number of cyclic esters (lactones) is 1. The number of nitrogens with one attached hydrogen (secondary N) is 2. The van der Waals surface area contributed by atoms with E-state index in [-0.39, 0.29) is 74.0 Å². The molecular formula is C41H45N5O14S. The number of aliphatic hydroxyl groups is 1. The highest BCUT2D eigenvalue weighted by molar-refractivity contribution is 7.90. The summed E-state index contributed by atoms with van der Waals surface area (Å²) in [5.41, 5.74) is 3.85. The maximum atomic E-state index is 14.0. The number of phenolic OH excluding ortho intramolecular Hbond substituents is 1. The van der Waals surface area contributed by atoms with Crippen molar-refractivity contribution in [1.82, 2.24) is 19.8 Å². The van der Waals surface area contributed by atoms with E-state index in [1.54, 1.807) is 35.9 Å². The highest BCUT2D eigenvalue weighted by Crippen LogP contribution is 2.39. The number of benzene rings is 2. The Hall–Kier alpha value is -5.93. The number of sulfone groups is 1. The van der Waals surface area contributed by atoms with Crippen molar-refractivity contribution in [1.29, 1.82) is 0 Å². The lowest BCUT2D eigenvalue weighted by Crippen LogP contribution is -2.40. The van der Waals surface area contributed by atoms with Crippen molar-refractivity contribution >= 4 is 50.7 Å². The molecule has 2 aromatic carbocycles. The minimum Gasteiger partial charge on any atom is -0.508 e. The van der Waals surface area contributed by atoms with Gasteiger partial charge in [-0.2, -0.15) is 0 Å². The molecule has 19 nitrogen and oxygen atoms in total. The molecule has 3 aliphatic heterocycles. The Kier molecular flexibility index (Phi) is 12.7. The number of ether oxygens (including phenoxy) is 5. The summed E-state index contributed by atoms with van der Waals surface area (Å²) in [6, 6.07) is 11.0. The van der Waals surface area contributed by atoms with Gasteiger partial charge in [-0.05, 0) is 61.0 Å². The SMILES string of the molecule is CCc1c2c(nc3ccc(O)cc13)-c1cc3c(c(=O)n1C2)COC(=O)C3OCN(CCS(C)(=O)=O)C(=O)OCc1ccc(OC2CC(O)CC(C=O)O2)c(NC(=O)CNC)c1. The molecule has 0 bridgehead atoms. The van der Waals surface area contributed by atoms with Gasteiger partial charge >= 0.3 is 12.1 Å². The monoisotopic (exact) mass is 863 g/mol. The number of amides is 2. The molecule has 0 aliphatic carbocycles. The van der Waals surface area contributed by atoms with Crippen LogP contribution in [0.3, 0.4) is 0 Å². The number of anilines is 1. The smallest absolute Gasteiger partial charge is 0.411 e. The highest BCUT2D eigenvalue weighted by Gasteiger charge is 2.37.